The fourth-order valence-corrected chi connectivity index (χ4v) is 3.04. The summed E-state index contributed by atoms with van der Waals surface area (Å²) in [6.45, 7) is 1.60. The van der Waals surface area contributed by atoms with Crippen molar-refractivity contribution in [2.24, 2.45) is 0 Å². The van der Waals surface area contributed by atoms with Gasteiger partial charge in [0.25, 0.3) is 0 Å². The van der Waals surface area contributed by atoms with Gasteiger partial charge in [-0.15, -0.1) is 0 Å². The van der Waals surface area contributed by atoms with Crippen LogP contribution in [0.25, 0.3) is 16.8 Å². The Balaban J connectivity index is 2.05. The molecule has 1 aromatic carbocycles. The molecule has 0 aliphatic rings. The van der Waals surface area contributed by atoms with E-state index in [4.69, 9.17) is 0 Å². The molecule has 0 spiro atoms. The molecule has 0 radical (unpaired) electrons. The second-order valence-electron chi connectivity index (χ2n) is 5.40. The number of hydrogen-bond donors (Lipinski definition) is 1. The van der Waals surface area contributed by atoms with Crippen LogP contribution in [-0.2, 0) is 0 Å². The molecule has 2 aromatic heterocycles. The molecule has 2 heterocycles. The molecule has 0 bridgehead atoms. The van der Waals surface area contributed by atoms with Crippen molar-refractivity contribution in [3.05, 3.63) is 46.3 Å². The number of rotatable bonds is 5. The Morgan fingerprint density at radius 3 is 2.54 bits per heavy atom. The number of aromatic nitrogens is 4. The maximum absolute atomic E-state index is 13.1. The third kappa shape index (κ3) is 3.43. The Morgan fingerprint density at radius 2 is 1.92 bits per heavy atom. The Hall–Kier alpha value is -2.43. The van der Waals surface area contributed by atoms with Crippen molar-refractivity contribution < 1.29 is 22.0 Å². The first-order valence-corrected chi connectivity index (χ1v) is 8.22. The lowest BCUT2D eigenvalue weighted by Gasteiger charge is -2.13. The van der Waals surface area contributed by atoms with Gasteiger partial charge in [-0.2, -0.15) is 18.4 Å². The number of halogens is 5. The molecule has 0 saturated carbocycles. The van der Waals surface area contributed by atoms with Crippen LogP contribution in [0.15, 0.2) is 34.2 Å². The second kappa shape index (κ2) is 6.71. The molecule has 0 amide bonds. The van der Waals surface area contributed by atoms with Gasteiger partial charge in [0.15, 0.2) is 10.8 Å². The zero-order valence-electron chi connectivity index (χ0n) is 13.1. The lowest BCUT2D eigenvalue weighted by atomic mass is 10.1. The van der Waals surface area contributed by atoms with Gasteiger partial charge in [-0.3, -0.25) is 4.98 Å². The monoisotopic (exact) mass is 390 g/mol. The van der Waals surface area contributed by atoms with Crippen molar-refractivity contribution in [1.29, 1.82) is 0 Å². The summed E-state index contributed by atoms with van der Waals surface area (Å²) in [5, 5.41) is 3.78. The molecule has 11 heteroatoms. The molecule has 0 saturated heterocycles. The van der Waals surface area contributed by atoms with E-state index in [2.05, 4.69) is 15.1 Å². The quantitative estimate of drug-likeness (QED) is 0.535. The van der Waals surface area contributed by atoms with Gasteiger partial charge < -0.3 is 0 Å². The van der Waals surface area contributed by atoms with Crippen LogP contribution in [0.3, 0.4) is 0 Å². The van der Waals surface area contributed by atoms with Gasteiger partial charge in [0.1, 0.15) is 5.82 Å². The first kappa shape index (κ1) is 18.4. The first-order valence-electron chi connectivity index (χ1n) is 7.23. The number of fused-ring (bicyclic) bond motifs is 1. The number of nitrogens with zero attached hydrogens (tertiary/aromatic N) is 3. The summed E-state index contributed by atoms with van der Waals surface area (Å²) in [7, 11) is 0. The van der Waals surface area contributed by atoms with Crippen LogP contribution < -0.4 is 5.69 Å². The van der Waals surface area contributed by atoms with Crippen LogP contribution in [0.5, 0.6) is 0 Å². The van der Waals surface area contributed by atoms with E-state index in [1.807, 2.05) is 0 Å². The number of nitrogens with one attached hydrogen (secondary N) is 1. The number of benzene rings is 1. The molecule has 0 aliphatic carbocycles. The van der Waals surface area contributed by atoms with Crippen molar-refractivity contribution in [2.75, 3.05) is 5.75 Å². The van der Waals surface area contributed by atoms with Crippen molar-refractivity contribution in [3.8, 4) is 11.1 Å². The fourth-order valence-electron chi connectivity index (χ4n) is 2.28. The molecular weight excluding hydrogens is 379 g/mol. The number of aromatic amines is 1. The largest absolute Gasteiger partial charge is 0.350 e. The third-order valence-electron chi connectivity index (χ3n) is 3.50. The highest BCUT2D eigenvalue weighted by atomic mass is 32.2. The topological polar surface area (TPSA) is 63.1 Å². The van der Waals surface area contributed by atoms with Gasteiger partial charge in [-0.05, 0) is 24.6 Å². The van der Waals surface area contributed by atoms with E-state index in [9.17, 15) is 26.7 Å². The van der Waals surface area contributed by atoms with Gasteiger partial charge >= 0.3 is 18.0 Å². The fraction of sp³-hybridized carbons (Fsp3) is 0.267. The predicted molar refractivity (Wildman–Crippen MR) is 85.4 cm³/mol. The number of H-pyrrole nitrogens is 1. The maximum atomic E-state index is 13.1. The molecule has 0 fully saturated rings. The summed E-state index contributed by atoms with van der Waals surface area (Å²) in [5.74, 6) is -5.92. The third-order valence-corrected chi connectivity index (χ3v) is 4.50. The van der Waals surface area contributed by atoms with Crippen LogP contribution in [-0.4, -0.2) is 37.7 Å². The van der Waals surface area contributed by atoms with Crippen molar-refractivity contribution in [2.45, 2.75) is 24.4 Å². The van der Waals surface area contributed by atoms with E-state index in [1.54, 1.807) is 6.92 Å². The molecule has 138 valence electrons. The van der Waals surface area contributed by atoms with Gasteiger partial charge in [0.05, 0.1) is 11.4 Å². The summed E-state index contributed by atoms with van der Waals surface area (Å²) in [4.78, 5) is 18.4. The van der Waals surface area contributed by atoms with Crippen LogP contribution in [0.4, 0.5) is 22.0 Å². The lowest BCUT2D eigenvalue weighted by molar-refractivity contribution is -0.110. The van der Waals surface area contributed by atoms with Gasteiger partial charge in [0.2, 0.25) is 0 Å². The van der Waals surface area contributed by atoms with E-state index in [-0.39, 0.29) is 10.8 Å². The van der Waals surface area contributed by atoms with E-state index in [0.717, 1.165) is 4.52 Å². The predicted octanol–water partition coefficient (Wildman–Crippen LogP) is 3.52. The van der Waals surface area contributed by atoms with Crippen LogP contribution in [0.2, 0.25) is 0 Å². The molecular formula is C15H11F5N4OS. The maximum Gasteiger partial charge on any atom is 0.350 e. The van der Waals surface area contributed by atoms with Gasteiger partial charge in [0, 0.05) is 5.56 Å². The Bertz CT molecular complexity index is 1000. The van der Waals surface area contributed by atoms with Gasteiger partial charge in [-0.1, -0.05) is 23.9 Å². The summed E-state index contributed by atoms with van der Waals surface area (Å²) in [6, 6.07) is 5.34. The number of hydrogen-bond acceptors (Lipinski definition) is 4. The summed E-state index contributed by atoms with van der Waals surface area (Å²) in [6.07, 6.45) is -3.82. The molecule has 1 N–H and O–H groups in total. The van der Waals surface area contributed by atoms with Crippen molar-refractivity contribution in [1.82, 2.24) is 19.6 Å². The molecule has 26 heavy (non-hydrogen) atoms. The zero-order chi connectivity index (χ0) is 19.1. The molecule has 3 rings (SSSR count). The van der Waals surface area contributed by atoms with Crippen LogP contribution >= 0.6 is 11.8 Å². The van der Waals surface area contributed by atoms with E-state index < -0.39 is 29.6 Å². The SMILES string of the molecule is Cc1nn2c(=O)[nH]c(SCC(F)(F)C(F)F)nc2c1-c1ccc(F)cc1. The highest BCUT2D eigenvalue weighted by Gasteiger charge is 2.40. The molecule has 0 atom stereocenters. The summed E-state index contributed by atoms with van der Waals surface area (Å²) in [5.41, 5.74) is 0.647. The van der Waals surface area contributed by atoms with E-state index >= 15 is 0 Å². The summed E-state index contributed by atoms with van der Waals surface area (Å²) >= 11 is 0.303. The van der Waals surface area contributed by atoms with Crippen LogP contribution in [0.1, 0.15) is 5.69 Å². The van der Waals surface area contributed by atoms with E-state index in [0.29, 0.717) is 28.6 Å². The van der Waals surface area contributed by atoms with Gasteiger partial charge in [-0.25, -0.2) is 22.9 Å². The Morgan fingerprint density at radius 1 is 1.27 bits per heavy atom. The number of aryl methyl sites for hydroxylation is 1. The molecule has 3 aromatic rings. The minimum Gasteiger partial charge on any atom is -0.285 e. The minimum absolute atomic E-state index is 0.0562. The normalized spacial score (nSPS) is 12.3. The molecule has 5 nitrogen and oxygen atoms in total. The second-order valence-corrected chi connectivity index (χ2v) is 6.36. The molecule has 0 unspecified atom stereocenters. The summed E-state index contributed by atoms with van der Waals surface area (Å²) < 4.78 is 64.8. The zero-order valence-corrected chi connectivity index (χ0v) is 14.0. The highest BCUT2D eigenvalue weighted by Crippen LogP contribution is 2.31. The number of alkyl halides is 4. The standard InChI is InChI=1S/C15H11F5N4OS/c1-7-10(8-2-4-9(16)5-3-8)11-21-13(22-14(25)24(11)23-7)26-6-15(19,20)12(17)18/h2-5,12H,6H2,1H3,(H,21,22,25). The van der Waals surface area contributed by atoms with Crippen molar-refractivity contribution >= 4 is 17.4 Å². The average molecular weight is 390 g/mol. The molecule has 0 aliphatic heterocycles. The minimum atomic E-state index is -4.22. The Kier molecular flexibility index (Phi) is 4.74. The lowest BCUT2D eigenvalue weighted by Crippen LogP contribution is -2.29. The first-order chi connectivity index (χ1) is 12.2. The van der Waals surface area contributed by atoms with E-state index in [1.165, 1.54) is 24.3 Å². The van der Waals surface area contributed by atoms with Crippen LogP contribution in [0, 0.1) is 12.7 Å². The smallest absolute Gasteiger partial charge is 0.285 e. The Labute approximate surface area is 147 Å². The van der Waals surface area contributed by atoms with Crippen molar-refractivity contribution in [3.63, 3.8) is 0 Å². The highest BCUT2D eigenvalue weighted by molar-refractivity contribution is 7.99. The average Bonchev–Trinajstić information content (AvgIpc) is 2.91. The number of thioether (sulfide) groups is 1.